The van der Waals surface area contributed by atoms with Gasteiger partial charge in [0, 0.05) is 5.39 Å². The molecule has 0 heteroatoms. The molecule has 2 saturated carbocycles. The van der Waals surface area contributed by atoms with Crippen molar-refractivity contribution in [3.63, 3.8) is 0 Å². The van der Waals surface area contributed by atoms with Crippen LogP contribution in [0.25, 0.3) is 10.8 Å². The summed E-state index contributed by atoms with van der Waals surface area (Å²) in [5.74, 6) is 2.76. The van der Waals surface area contributed by atoms with E-state index in [0.29, 0.717) is 0 Å². The van der Waals surface area contributed by atoms with Gasteiger partial charge in [0.25, 0.3) is 0 Å². The van der Waals surface area contributed by atoms with Crippen LogP contribution >= 0.6 is 0 Å². The summed E-state index contributed by atoms with van der Waals surface area (Å²) >= 11 is 0. The van der Waals surface area contributed by atoms with Gasteiger partial charge in [-0.15, -0.1) is 0 Å². The number of benzene rings is 1. The zero-order chi connectivity index (χ0) is 12.1. The Morgan fingerprint density at radius 3 is 2.89 bits per heavy atom. The zero-order valence-corrected chi connectivity index (χ0v) is 10.9. The van der Waals surface area contributed by atoms with Crippen LogP contribution in [0.2, 0.25) is 0 Å². The average Bonchev–Trinajstić information content (AvgIpc) is 3.00. The molecule has 0 heterocycles. The summed E-state index contributed by atoms with van der Waals surface area (Å²) in [4.78, 5) is 0. The molecule has 2 aromatic rings. The van der Waals surface area contributed by atoms with Crippen LogP contribution in [0.5, 0.6) is 0 Å². The van der Waals surface area contributed by atoms with Gasteiger partial charge in [0.2, 0.25) is 0 Å². The lowest BCUT2D eigenvalue weighted by Gasteiger charge is -2.23. The predicted octanol–water partition coefficient (Wildman–Crippen LogP) is 4.65. The second-order valence-electron chi connectivity index (χ2n) is 6.20. The highest BCUT2D eigenvalue weighted by molar-refractivity contribution is 5.85. The van der Waals surface area contributed by atoms with E-state index < -0.39 is 0 Å². The zero-order valence-electron chi connectivity index (χ0n) is 10.9. The van der Waals surface area contributed by atoms with E-state index in [1.54, 1.807) is 5.56 Å². The van der Waals surface area contributed by atoms with Crippen molar-refractivity contribution in [3.05, 3.63) is 47.5 Å². The van der Waals surface area contributed by atoms with Crippen molar-refractivity contribution in [2.75, 3.05) is 0 Å². The minimum absolute atomic E-state index is 0.807. The van der Waals surface area contributed by atoms with Gasteiger partial charge in [0.05, 0.1) is 0 Å². The lowest BCUT2D eigenvalue weighted by molar-refractivity contribution is 0.422. The van der Waals surface area contributed by atoms with Gasteiger partial charge in [-0.3, -0.25) is 0 Å². The topological polar surface area (TPSA) is 0 Å². The molecule has 2 fully saturated rings. The predicted molar refractivity (Wildman–Crippen MR) is 74.5 cm³/mol. The number of hydrogen-bond donors (Lipinski definition) is 0. The Kier molecular flexibility index (Phi) is 2.18. The lowest BCUT2D eigenvalue weighted by Crippen LogP contribution is -2.09. The molecule has 3 unspecified atom stereocenters. The Hall–Kier alpha value is -1.48. The molecule has 90 valence electrons. The van der Waals surface area contributed by atoms with E-state index in [4.69, 9.17) is 0 Å². The van der Waals surface area contributed by atoms with Crippen LogP contribution in [0.15, 0.2) is 24.3 Å². The van der Waals surface area contributed by atoms with Gasteiger partial charge >= 0.3 is 0 Å². The maximum atomic E-state index is 3.27. The third kappa shape index (κ3) is 1.47. The largest absolute Gasteiger partial charge is 0.0696 e. The monoisotopic (exact) mass is 234 g/mol. The maximum Gasteiger partial charge on any atom is 0.0326 e. The number of hydrogen-bond acceptors (Lipinski definition) is 0. The third-order valence-electron chi connectivity index (χ3n) is 5.03. The molecule has 0 aromatic heterocycles. The number of aryl methyl sites for hydroxylation is 1. The first-order valence-electron chi connectivity index (χ1n) is 7.14. The summed E-state index contributed by atoms with van der Waals surface area (Å²) in [5, 5.41) is 2.66. The van der Waals surface area contributed by atoms with E-state index >= 15 is 0 Å². The van der Waals surface area contributed by atoms with E-state index in [2.05, 4.69) is 37.3 Å². The molecule has 3 atom stereocenters. The maximum absolute atomic E-state index is 3.27. The fraction of sp³-hybridized carbons (Fsp3) is 0.444. The minimum atomic E-state index is 0.807. The molecule has 0 saturated heterocycles. The summed E-state index contributed by atoms with van der Waals surface area (Å²) in [6.45, 7) is 2.21. The normalized spacial score (nSPS) is 29.7. The third-order valence-corrected chi connectivity index (χ3v) is 5.03. The highest BCUT2D eigenvalue weighted by Crippen LogP contribution is 2.53. The van der Waals surface area contributed by atoms with E-state index in [1.165, 1.54) is 42.0 Å². The summed E-state index contributed by atoms with van der Waals surface area (Å²) in [5.41, 5.74) is 2.96. The highest BCUT2D eigenvalue weighted by atomic mass is 14.4. The van der Waals surface area contributed by atoms with Crippen LogP contribution in [-0.2, 0) is 0 Å². The van der Waals surface area contributed by atoms with Gasteiger partial charge in [-0.05, 0) is 78.7 Å². The second kappa shape index (κ2) is 3.75. The summed E-state index contributed by atoms with van der Waals surface area (Å²) < 4.78 is 0. The second-order valence-corrected chi connectivity index (χ2v) is 6.20. The Morgan fingerprint density at radius 1 is 1.17 bits per heavy atom. The molecule has 0 aliphatic heterocycles. The first-order valence-corrected chi connectivity index (χ1v) is 7.14. The van der Waals surface area contributed by atoms with Gasteiger partial charge in [0.1, 0.15) is 0 Å². The van der Waals surface area contributed by atoms with Crippen molar-refractivity contribution < 1.29 is 0 Å². The standard InChI is InChI=1S/C18H18/c1-12-8-14-4-2-3-5-16(14)18(9-12)17-11-13-6-7-15(17)10-13/h3,5,8-9,13,15,17H,6-7,10-11H2,1H3. The van der Waals surface area contributed by atoms with Crippen molar-refractivity contribution in [2.45, 2.75) is 38.5 Å². The summed E-state index contributed by atoms with van der Waals surface area (Å²) in [6.07, 6.45) is 5.82. The molecule has 0 radical (unpaired) electrons. The Morgan fingerprint density at radius 2 is 2.11 bits per heavy atom. The molecule has 2 aliphatic carbocycles. The van der Waals surface area contributed by atoms with Crippen LogP contribution in [0, 0.1) is 30.9 Å². The van der Waals surface area contributed by atoms with Crippen molar-refractivity contribution in [2.24, 2.45) is 11.8 Å². The van der Waals surface area contributed by atoms with E-state index in [0.717, 1.165) is 17.8 Å². The SMILES string of the molecule is Cc1cc(C2CC3CCC2C3)c2ccc#cc2c1. The summed E-state index contributed by atoms with van der Waals surface area (Å²) in [7, 11) is 0. The molecular formula is C18H18. The molecule has 0 spiro atoms. The molecule has 4 rings (SSSR count). The van der Waals surface area contributed by atoms with E-state index in [9.17, 15) is 0 Å². The van der Waals surface area contributed by atoms with Crippen LogP contribution in [0.1, 0.15) is 42.7 Å². The molecule has 2 aliphatic rings. The van der Waals surface area contributed by atoms with Gasteiger partial charge in [-0.1, -0.05) is 24.6 Å². The van der Waals surface area contributed by atoms with Crippen LogP contribution in [-0.4, -0.2) is 0 Å². The first kappa shape index (κ1) is 10.4. The van der Waals surface area contributed by atoms with Gasteiger partial charge in [-0.2, -0.15) is 0 Å². The van der Waals surface area contributed by atoms with Crippen LogP contribution in [0.3, 0.4) is 0 Å². The number of fused-ring (bicyclic) bond motifs is 3. The quantitative estimate of drug-likeness (QED) is 0.673. The molecule has 0 N–H and O–H groups in total. The van der Waals surface area contributed by atoms with Gasteiger partial charge in [0.15, 0.2) is 0 Å². The van der Waals surface area contributed by atoms with Gasteiger partial charge < -0.3 is 0 Å². The first-order chi connectivity index (χ1) is 8.81. The van der Waals surface area contributed by atoms with Gasteiger partial charge in [-0.25, -0.2) is 0 Å². The molecular weight excluding hydrogens is 216 g/mol. The Balaban J connectivity index is 1.89. The molecule has 2 aromatic carbocycles. The molecule has 2 bridgehead atoms. The Bertz CT molecular complexity index is 596. The van der Waals surface area contributed by atoms with Crippen molar-refractivity contribution in [3.8, 4) is 0 Å². The fourth-order valence-electron chi connectivity index (χ4n) is 4.29. The van der Waals surface area contributed by atoms with E-state index in [1.807, 2.05) is 6.07 Å². The van der Waals surface area contributed by atoms with Crippen molar-refractivity contribution in [1.82, 2.24) is 0 Å². The fourth-order valence-corrected chi connectivity index (χ4v) is 4.29. The van der Waals surface area contributed by atoms with E-state index in [-0.39, 0.29) is 0 Å². The van der Waals surface area contributed by atoms with Crippen LogP contribution in [0.4, 0.5) is 0 Å². The molecule has 0 amide bonds. The molecule has 0 nitrogen and oxygen atoms in total. The van der Waals surface area contributed by atoms with Crippen molar-refractivity contribution >= 4 is 10.8 Å². The molecule has 18 heavy (non-hydrogen) atoms. The smallest absolute Gasteiger partial charge is 0.0326 e. The average molecular weight is 234 g/mol. The highest BCUT2D eigenvalue weighted by Gasteiger charge is 2.40. The van der Waals surface area contributed by atoms with Crippen molar-refractivity contribution in [1.29, 1.82) is 0 Å². The van der Waals surface area contributed by atoms with Crippen LogP contribution < -0.4 is 0 Å². The summed E-state index contributed by atoms with van der Waals surface area (Å²) in [6, 6.07) is 15.3. The number of rotatable bonds is 1. The minimum Gasteiger partial charge on any atom is -0.0696 e. The lowest BCUT2D eigenvalue weighted by atomic mass is 9.81. The Labute approximate surface area is 109 Å².